The molecule has 19 heavy (non-hydrogen) atoms. The zero-order valence-corrected chi connectivity index (χ0v) is 11.7. The van der Waals surface area contributed by atoms with Gasteiger partial charge in [-0.2, -0.15) is 0 Å². The molecule has 3 N–H and O–H groups in total. The third kappa shape index (κ3) is 4.84. The summed E-state index contributed by atoms with van der Waals surface area (Å²) in [7, 11) is 1.57. The summed E-state index contributed by atoms with van der Waals surface area (Å²) in [6.07, 6.45) is 2.28. The molecule has 1 heterocycles. The van der Waals surface area contributed by atoms with E-state index in [1.807, 2.05) is 0 Å². The van der Waals surface area contributed by atoms with E-state index in [9.17, 15) is 4.39 Å². The maximum absolute atomic E-state index is 13.1. The molecule has 0 aliphatic heterocycles. The number of aliphatic hydroxyl groups is 1. The van der Waals surface area contributed by atoms with E-state index < -0.39 is 0 Å². The fourth-order valence-corrected chi connectivity index (χ4v) is 2.18. The molecular weight excluding hydrogens is 267 g/mol. The third-order valence-electron chi connectivity index (χ3n) is 2.18. The summed E-state index contributed by atoms with van der Waals surface area (Å²) in [5.41, 5.74) is 6.33. The van der Waals surface area contributed by atoms with Crippen molar-refractivity contribution >= 4 is 16.5 Å². The Hall–Kier alpha value is -1.66. The van der Waals surface area contributed by atoms with Crippen LogP contribution in [0.4, 0.5) is 9.52 Å². The third-order valence-corrected chi connectivity index (χ3v) is 3.01. The zero-order valence-electron chi connectivity index (χ0n) is 10.9. The van der Waals surface area contributed by atoms with Crippen LogP contribution in [0.1, 0.15) is 17.4 Å². The second kappa shape index (κ2) is 7.70. The van der Waals surface area contributed by atoms with Crippen LogP contribution in [-0.4, -0.2) is 23.8 Å². The Kier molecular flexibility index (Phi) is 6.24. The topological polar surface area (TPSA) is 68.4 Å². The highest BCUT2D eigenvalue weighted by Gasteiger charge is 2.07. The maximum Gasteiger partial charge on any atom is 0.180 e. The van der Waals surface area contributed by atoms with Crippen LogP contribution in [0.2, 0.25) is 0 Å². The number of nitrogen functional groups attached to an aromatic ring is 1. The van der Waals surface area contributed by atoms with E-state index in [1.165, 1.54) is 23.5 Å². The molecule has 0 bridgehead atoms. The van der Waals surface area contributed by atoms with Gasteiger partial charge in [-0.1, -0.05) is 0 Å². The first-order valence-electron chi connectivity index (χ1n) is 5.74. The number of nitrogens with zero attached hydrogens (tertiary/aromatic N) is 1. The molecule has 0 saturated carbocycles. The number of thiazole rings is 1. The molecule has 104 valence electrons. The molecule has 0 amide bonds. The highest BCUT2D eigenvalue weighted by molar-refractivity contribution is 7.15. The number of ether oxygens (including phenoxy) is 1. The van der Waals surface area contributed by atoms with Crippen molar-refractivity contribution in [2.75, 3.05) is 19.5 Å². The second-order valence-electron chi connectivity index (χ2n) is 3.61. The van der Waals surface area contributed by atoms with E-state index in [0.29, 0.717) is 17.3 Å². The van der Waals surface area contributed by atoms with Crippen LogP contribution in [0.15, 0.2) is 24.4 Å². The van der Waals surface area contributed by atoms with Crippen LogP contribution in [0.25, 0.3) is 0 Å². The molecule has 4 nitrogen and oxygen atoms in total. The van der Waals surface area contributed by atoms with Crippen LogP contribution in [0.5, 0.6) is 5.75 Å². The van der Waals surface area contributed by atoms with Gasteiger partial charge in [-0.05, 0) is 25.1 Å². The molecule has 0 unspecified atom stereocenters. The Balaban J connectivity index is 0.000000550. The Labute approximate surface area is 115 Å². The van der Waals surface area contributed by atoms with Crippen molar-refractivity contribution in [1.82, 2.24) is 4.98 Å². The quantitative estimate of drug-likeness (QED) is 0.908. The monoisotopic (exact) mass is 284 g/mol. The van der Waals surface area contributed by atoms with E-state index in [4.69, 9.17) is 15.6 Å². The van der Waals surface area contributed by atoms with Crippen LogP contribution in [0, 0.1) is 5.82 Å². The van der Waals surface area contributed by atoms with Crippen LogP contribution >= 0.6 is 11.3 Å². The predicted molar refractivity (Wildman–Crippen MR) is 75.0 cm³/mol. The summed E-state index contributed by atoms with van der Waals surface area (Å²) in [5, 5.41) is 8.09. The molecule has 0 saturated heterocycles. The minimum atomic E-state index is -0.270. The Morgan fingerprint density at radius 1 is 1.47 bits per heavy atom. The summed E-state index contributed by atoms with van der Waals surface area (Å²) in [6, 6.07) is 4.47. The molecule has 0 aliphatic carbocycles. The lowest BCUT2D eigenvalue weighted by atomic mass is 10.1. The van der Waals surface area contributed by atoms with Gasteiger partial charge in [-0.25, -0.2) is 9.37 Å². The maximum atomic E-state index is 13.1. The first kappa shape index (κ1) is 15.4. The lowest BCUT2D eigenvalue weighted by Crippen LogP contribution is -1.93. The molecule has 1 aromatic carbocycles. The molecule has 0 fully saturated rings. The Morgan fingerprint density at radius 3 is 2.68 bits per heavy atom. The summed E-state index contributed by atoms with van der Waals surface area (Å²) in [6.45, 7) is 1.93. The SMILES string of the molecule is CCO.COc1ccc(F)cc1Cc1cnc(N)s1. The lowest BCUT2D eigenvalue weighted by molar-refractivity contribution is 0.318. The van der Waals surface area contributed by atoms with Gasteiger partial charge in [0.25, 0.3) is 0 Å². The van der Waals surface area contributed by atoms with E-state index in [-0.39, 0.29) is 12.4 Å². The molecule has 2 rings (SSSR count). The predicted octanol–water partition coefficient (Wildman–Crippen LogP) is 2.46. The molecule has 0 aliphatic rings. The average molecular weight is 284 g/mol. The Bertz CT molecular complexity index is 517. The largest absolute Gasteiger partial charge is 0.496 e. The van der Waals surface area contributed by atoms with Gasteiger partial charge < -0.3 is 15.6 Å². The van der Waals surface area contributed by atoms with Crippen LogP contribution < -0.4 is 10.5 Å². The highest BCUT2D eigenvalue weighted by Crippen LogP contribution is 2.25. The van der Waals surface area contributed by atoms with Gasteiger partial charge in [0, 0.05) is 29.7 Å². The summed E-state index contributed by atoms with van der Waals surface area (Å²) in [5.74, 6) is 0.404. The van der Waals surface area contributed by atoms with Gasteiger partial charge in [-0.3, -0.25) is 0 Å². The number of hydrogen-bond donors (Lipinski definition) is 2. The number of hydrogen-bond acceptors (Lipinski definition) is 5. The fourth-order valence-electron chi connectivity index (χ4n) is 1.48. The fraction of sp³-hybridized carbons (Fsp3) is 0.308. The molecule has 2 aromatic rings. The van der Waals surface area contributed by atoms with Gasteiger partial charge in [-0.15, -0.1) is 11.3 Å². The summed E-state index contributed by atoms with van der Waals surface area (Å²) >= 11 is 1.40. The van der Waals surface area contributed by atoms with E-state index in [0.717, 1.165) is 10.4 Å². The van der Waals surface area contributed by atoms with Crippen molar-refractivity contribution in [3.8, 4) is 5.75 Å². The Morgan fingerprint density at radius 2 is 2.16 bits per heavy atom. The molecule has 1 aromatic heterocycles. The van der Waals surface area contributed by atoms with Gasteiger partial charge in [0.05, 0.1) is 7.11 Å². The summed E-state index contributed by atoms with van der Waals surface area (Å²) < 4.78 is 18.3. The highest BCUT2D eigenvalue weighted by atomic mass is 32.1. The van der Waals surface area contributed by atoms with E-state index in [1.54, 1.807) is 26.3 Å². The first-order valence-corrected chi connectivity index (χ1v) is 6.55. The van der Waals surface area contributed by atoms with Crippen LogP contribution in [0.3, 0.4) is 0 Å². The van der Waals surface area contributed by atoms with Crippen molar-refractivity contribution in [1.29, 1.82) is 0 Å². The van der Waals surface area contributed by atoms with Crippen molar-refractivity contribution in [3.05, 3.63) is 40.7 Å². The molecule has 6 heteroatoms. The number of benzene rings is 1. The zero-order chi connectivity index (χ0) is 14.3. The molecule has 0 atom stereocenters. The van der Waals surface area contributed by atoms with Gasteiger partial charge in [0.15, 0.2) is 5.13 Å². The minimum absolute atomic E-state index is 0.250. The standard InChI is InChI=1S/C11H11FN2OS.C2H6O/c1-15-10-3-2-8(12)4-7(10)5-9-6-14-11(13)16-9;1-2-3/h2-4,6H,5H2,1H3,(H2,13,14);3H,2H2,1H3. The minimum Gasteiger partial charge on any atom is -0.496 e. The van der Waals surface area contributed by atoms with Crippen molar-refractivity contribution in [2.24, 2.45) is 0 Å². The number of aromatic nitrogens is 1. The first-order chi connectivity index (χ1) is 9.10. The van der Waals surface area contributed by atoms with Crippen LogP contribution in [-0.2, 0) is 6.42 Å². The molecule has 0 radical (unpaired) electrons. The van der Waals surface area contributed by atoms with Gasteiger partial charge in [0.2, 0.25) is 0 Å². The molecule has 0 spiro atoms. The van der Waals surface area contributed by atoms with Gasteiger partial charge in [0.1, 0.15) is 11.6 Å². The number of aliphatic hydroxyl groups excluding tert-OH is 1. The van der Waals surface area contributed by atoms with Crippen molar-refractivity contribution in [2.45, 2.75) is 13.3 Å². The summed E-state index contributed by atoms with van der Waals surface area (Å²) in [4.78, 5) is 4.94. The number of halogens is 1. The van der Waals surface area contributed by atoms with E-state index in [2.05, 4.69) is 4.98 Å². The number of nitrogens with two attached hydrogens (primary N) is 1. The molecular formula is C13H17FN2O2S. The number of anilines is 1. The number of rotatable bonds is 3. The smallest absolute Gasteiger partial charge is 0.180 e. The van der Waals surface area contributed by atoms with Crippen molar-refractivity contribution < 1.29 is 14.2 Å². The van der Waals surface area contributed by atoms with Crippen molar-refractivity contribution in [3.63, 3.8) is 0 Å². The normalized spacial score (nSPS) is 9.68. The lowest BCUT2D eigenvalue weighted by Gasteiger charge is -2.06. The second-order valence-corrected chi connectivity index (χ2v) is 4.76. The number of methoxy groups -OCH3 is 1. The van der Waals surface area contributed by atoms with E-state index >= 15 is 0 Å². The average Bonchev–Trinajstić information content (AvgIpc) is 2.76. The van der Waals surface area contributed by atoms with Gasteiger partial charge >= 0.3 is 0 Å².